The molecule has 4 atom stereocenters. The molecular formula is C19H35N5O6. The van der Waals surface area contributed by atoms with Gasteiger partial charge in [-0.25, -0.2) is 4.79 Å². The highest BCUT2D eigenvalue weighted by molar-refractivity contribution is 5.94. The number of carboxylic acid groups (broad SMARTS) is 1. The molecule has 0 aromatic carbocycles. The zero-order valence-electron chi connectivity index (χ0n) is 18.2. The van der Waals surface area contributed by atoms with E-state index in [1.54, 1.807) is 13.8 Å². The van der Waals surface area contributed by atoms with Crippen molar-refractivity contribution in [2.45, 2.75) is 78.0 Å². The Kier molecular flexibility index (Phi) is 11.6. The van der Waals surface area contributed by atoms with Crippen molar-refractivity contribution >= 4 is 29.6 Å². The molecule has 11 nitrogen and oxygen atoms in total. The maximum atomic E-state index is 12.6. The molecule has 4 amide bonds. The Balaban J connectivity index is 4.96. The van der Waals surface area contributed by atoms with E-state index in [-0.39, 0.29) is 31.1 Å². The van der Waals surface area contributed by atoms with Crippen molar-refractivity contribution in [1.29, 1.82) is 0 Å². The number of carbonyl (C=O) groups is 5. The summed E-state index contributed by atoms with van der Waals surface area (Å²) in [6, 6.07) is -4.08. The van der Waals surface area contributed by atoms with Crippen LogP contribution in [0, 0.1) is 11.8 Å². The number of carbonyl (C=O) groups excluding carboxylic acids is 4. The first kappa shape index (κ1) is 27.3. The van der Waals surface area contributed by atoms with Crippen molar-refractivity contribution in [2.24, 2.45) is 23.3 Å². The first-order valence-corrected chi connectivity index (χ1v) is 9.94. The molecule has 0 saturated heterocycles. The molecule has 0 heterocycles. The van der Waals surface area contributed by atoms with Crippen LogP contribution >= 0.6 is 0 Å². The first-order chi connectivity index (χ1) is 13.8. The number of nitrogens with one attached hydrogen (secondary N) is 3. The van der Waals surface area contributed by atoms with Gasteiger partial charge >= 0.3 is 5.97 Å². The van der Waals surface area contributed by atoms with Crippen LogP contribution in [0.15, 0.2) is 0 Å². The number of primary amides is 1. The molecule has 0 saturated carbocycles. The quantitative estimate of drug-likeness (QED) is 0.212. The lowest BCUT2D eigenvalue weighted by Crippen LogP contribution is -2.57. The predicted molar refractivity (Wildman–Crippen MR) is 110 cm³/mol. The summed E-state index contributed by atoms with van der Waals surface area (Å²) in [7, 11) is 0. The van der Waals surface area contributed by atoms with Crippen molar-refractivity contribution in [1.82, 2.24) is 16.0 Å². The number of hydrogen-bond acceptors (Lipinski definition) is 6. The Hall–Kier alpha value is -2.69. The third-order valence-corrected chi connectivity index (χ3v) is 4.36. The van der Waals surface area contributed by atoms with E-state index in [2.05, 4.69) is 16.0 Å². The number of aliphatic carboxylic acids is 1. The molecule has 0 bridgehead atoms. The van der Waals surface area contributed by atoms with Crippen LogP contribution in [0.4, 0.5) is 0 Å². The van der Waals surface area contributed by atoms with Gasteiger partial charge in [0.25, 0.3) is 0 Å². The van der Waals surface area contributed by atoms with Gasteiger partial charge in [-0.2, -0.15) is 0 Å². The second kappa shape index (κ2) is 12.8. The lowest BCUT2D eigenvalue weighted by molar-refractivity contribution is -0.142. The third kappa shape index (κ3) is 10.2. The molecule has 8 N–H and O–H groups in total. The summed E-state index contributed by atoms with van der Waals surface area (Å²) in [6.45, 7) is 8.48. The topological polar surface area (TPSA) is 194 Å². The standard InChI is InChI=1S/C19H35N5O6/c1-9(2)8-13(19(29)30)23-16(26)11(5)22-18(28)15(10(3)4)24-17(27)12(20)6-7-14(21)25/h9-13,15H,6-8,20H2,1-5H3,(H2,21,25)(H,22,28)(H,23,26)(H,24,27)(H,29,30). The van der Waals surface area contributed by atoms with Crippen LogP contribution in [0.2, 0.25) is 0 Å². The van der Waals surface area contributed by atoms with E-state index in [9.17, 15) is 29.1 Å². The predicted octanol–water partition coefficient (Wildman–Crippen LogP) is -1.16. The van der Waals surface area contributed by atoms with Gasteiger partial charge in [0, 0.05) is 6.42 Å². The zero-order valence-corrected chi connectivity index (χ0v) is 18.2. The maximum Gasteiger partial charge on any atom is 0.326 e. The summed E-state index contributed by atoms with van der Waals surface area (Å²) in [5.74, 6) is -3.90. The van der Waals surface area contributed by atoms with Crippen molar-refractivity contribution in [2.75, 3.05) is 0 Å². The highest BCUT2D eigenvalue weighted by atomic mass is 16.4. The summed E-state index contributed by atoms with van der Waals surface area (Å²) >= 11 is 0. The Labute approximate surface area is 176 Å². The van der Waals surface area contributed by atoms with Gasteiger partial charge in [-0.3, -0.25) is 19.2 Å². The summed E-state index contributed by atoms with van der Waals surface area (Å²) in [5.41, 5.74) is 10.8. The molecule has 4 unspecified atom stereocenters. The average molecular weight is 430 g/mol. The molecule has 0 spiro atoms. The average Bonchev–Trinajstić information content (AvgIpc) is 2.61. The van der Waals surface area contributed by atoms with Gasteiger partial charge in [-0.15, -0.1) is 0 Å². The fraction of sp³-hybridized carbons (Fsp3) is 0.737. The second-order valence-electron chi connectivity index (χ2n) is 8.10. The second-order valence-corrected chi connectivity index (χ2v) is 8.10. The molecule has 30 heavy (non-hydrogen) atoms. The van der Waals surface area contributed by atoms with Crippen LogP contribution in [0.25, 0.3) is 0 Å². The van der Waals surface area contributed by atoms with Crippen LogP contribution in [-0.4, -0.2) is 58.9 Å². The van der Waals surface area contributed by atoms with Crippen LogP contribution in [0.1, 0.15) is 53.9 Å². The minimum Gasteiger partial charge on any atom is -0.480 e. The summed E-state index contributed by atoms with van der Waals surface area (Å²) < 4.78 is 0. The minimum absolute atomic E-state index is 0.0405. The van der Waals surface area contributed by atoms with E-state index >= 15 is 0 Å². The maximum absolute atomic E-state index is 12.6. The molecule has 0 radical (unpaired) electrons. The number of nitrogens with two attached hydrogens (primary N) is 2. The molecule has 0 fully saturated rings. The first-order valence-electron chi connectivity index (χ1n) is 9.94. The van der Waals surface area contributed by atoms with Crippen molar-refractivity contribution in [3.05, 3.63) is 0 Å². The number of amides is 4. The van der Waals surface area contributed by atoms with E-state index in [1.807, 2.05) is 13.8 Å². The lowest BCUT2D eigenvalue weighted by Gasteiger charge is -2.25. The van der Waals surface area contributed by atoms with Gasteiger partial charge in [-0.1, -0.05) is 27.7 Å². The minimum atomic E-state index is -1.16. The van der Waals surface area contributed by atoms with E-state index in [0.717, 1.165) is 0 Å². The Bertz CT molecular complexity index is 637. The molecule has 172 valence electrons. The Morgan fingerprint density at radius 3 is 1.87 bits per heavy atom. The highest BCUT2D eigenvalue weighted by Crippen LogP contribution is 2.07. The molecule has 0 rings (SSSR count). The zero-order chi connectivity index (χ0) is 23.6. The molecule has 0 aliphatic heterocycles. The van der Waals surface area contributed by atoms with Gasteiger partial charge < -0.3 is 32.5 Å². The number of hydrogen-bond donors (Lipinski definition) is 6. The molecular weight excluding hydrogens is 394 g/mol. The van der Waals surface area contributed by atoms with Gasteiger partial charge in [0.2, 0.25) is 23.6 Å². The summed E-state index contributed by atoms with van der Waals surface area (Å²) in [6.07, 6.45) is 0.222. The van der Waals surface area contributed by atoms with Crippen LogP contribution < -0.4 is 27.4 Å². The van der Waals surface area contributed by atoms with Gasteiger partial charge in [-0.05, 0) is 31.6 Å². The molecule has 0 aliphatic carbocycles. The smallest absolute Gasteiger partial charge is 0.326 e. The number of carboxylic acids is 1. The lowest BCUT2D eigenvalue weighted by atomic mass is 10.0. The SMILES string of the molecule is CC(C)CC(NC(=O)C(C)NC(=O)C(NC(=O)C(N)CCC(N)=O)C(C)C)C(=O)O. The summed E-state index contributed by atoms with van der Waals surface area (Å²) in [5, 5.41) is 16.6. The van der Waals surface area contributed by atoms with Crippen molar-refractivity contribution in [3.8, 4) is 0 Å². The fourth-order valence-electron chi connectivity index (χ4n) is 2.58. The van der Waals surface area contributed by atoms with Gasteiger partial charge in [0.05, 0.1) is 6.04 Å². The van der Waals surface area contributed by atoms with E-state index in [0.29, 0.717) is 0 Å². The van der Waals surface area contributed by atoms with Gasteiger partial charge in [0.15, 0.2) is 0 Å². The highest BCUT2D eigenvalue weighted by Gasteiger charge is 2.30. The normalized spacial score (nSPS) is 15.1. The van der Waals surface area contributed by atoms with Crippen LogP contribution in [-0.2, 0) is 24.0 Å². The molecule has 0 aliphatic rings. The Morgan fingerprint density at radius 1 is 0.867 bits per heavy atom. The molecule has 0 aromatic heterocycles. The van der Waals surface area contributed by atoms with Crippen LogP contribution in [0.3, 0.4) is 0 Å². The Morgan fingerprint density at radius 2 is 1.43 bits per heavy atom. The molecule has 11 heteroatoms. The van der Waals surface area contributed by atoms with Gasteiger partial charge in [0.1, 0.15) is 18.1 Å². The fourth-order valence-corrected chi connectivity index (χ4v) is 2.58. The monoisotopic (exact) mass is 429 g/mol. The van der Waals surface area contributed by atoms with Crippen molar-refractivity contribution < 1.29 is 29.1 Å². The summed E-state index contributed by atoms with van der Waals surface area (Å²) in [4.78, 5) is 59.2. The van der Waals surface area contributed by atoms with E-state index in [4.69, 9.17) is 11.5 Å². The van der Waals surface area contributed by atoms with E-state index < -0.39 is 53.8 Å². The molecule has 0 aromatic rings. The largest absolute Gasteiger partial charge is 0.480 e. The number of rotatable bonds is 13. The third-order valence-electron chi connectivity index (χ3n) is 4.36. The van der Waals surface area contributed by atoms with Crippen molar-refractivity contribution in [3.63, 3.8) is 0 Å². The van der Waals surface area contributed by atoms with Crippen LogP contribution in [0.5, 0.6) is 0 Å². The van der Waals surface area contributed by atoms with E-state index in [1.165, 1.54) is 6.92 Å².